The van der Waals surface area contributed by atoms with Crippen LogP contribution < -0.4 is 10.6 Å². The smallest absolute Gasteiger partial charge is 0.344 e. The summed E-state index contributed by atoms with van der Waals surface area (Å²) in [6, 6.07) is 3.45. The van der Waals surface area contributed by atoms with Gasteiger partial charge in [-0.3, -0.25) is 0 Å². The van der Waals surface area contributed by atoms with E-state index in [1.54, 1.807) is 33.2 Å². The highest BCUT2D eigenvalue weighted by molar-refractivity contribution is 6.00. The zero-order valence-electron chi connectivity index (χ0n) is 13.4. The first-order valence-corrected chi connectivity index (χ1v) is 7.24. The Kier molecular flexibility index (Phi) is 5.93. The predicted octanol–water partition coefficient (Wildman–Crippen LogP) is 2.01. The highest BCUT2D eigenvalue weighted by atomic mass is 16.5. The van der Waals surface area contributed by atoms with Crippen molar-refractivity contribution in [2.45, 2.75) is 6.92 Å². The third kappa shape index (κ3) is 3.98. The minimum atomic E-state index is -0.508. The van der Waals surface area contributed by atoms with Gasteiger partial charge in [0.2, 0.25) is 5.95 Å². The molecule has 0 aliphatic heterocycles. The van der Waals surface area contributed by atoms with Gasteiger partial charge in [-0.05, 0) is 19.1 Å². The molecule has 2 N–H and O–H groups in total. The van der Waals surface area contributed by atoms with E-state index in [2.05, 4.69) is 20.6 Å². The molecular weight excluding hydrogens is 300 g/mol. The van der Waals surface area contributed by atoms with E-state index in [4.69, 9.17) is 13.9 Å². The molecule has 0 aromatic carbocycles. The first-order chi connectivity index (χ1) is 11.2. The van der Waals surface area contributed by atoms with Gasteiger partial charge in [-0.15, -0.1) is 0 Å². The van der Waals surface area contributed by atoms with Crippen molar-refractivity contribution in [3.8, 4) is 11.5 Å². The number of carbonyl (C=O) groups excluding carboxylic acids is 1. The second-order valence-corrected chi connectivity index (χ2v) is 4.49. The van der Waals surface area contributed by atoms with Crippen molar-refractivity contribution in [1.82, 2.24) is 9.97 Å². The molecule has 2 rings (SSSR count). The zero-order valence-corrected chi connectivity index (χ0v) is 13.4. The fraction of sp³-hybridized carbons (Fsp3) is 0.400. The first kappa shape index (κ1) is 16.8. The summed E-state index contributed by atoms with van der Waals surface area (Å²) in [5.74, 6) is 0.684. The number of esters is 1. The van der Waals surface area contributed by atoms with E-state index >= 15 is 0 Å². The molecule has 2 heterocycles. The average molecular weight is 320 g/mol. The maximum Gasteiger partial charge on any atom is 0.344 e. The van der Waals surface area contributed by atoms with Crippen LogP contribution in [-0.4, -0.2) is 49.9 Å². The molecule has 2 aromatic rings. The summed E-state index contributed by atoms with van der Waals surface area (Å²) >= 11 is 0. The Morgan fingerprint density at radius 1 is 1.39 bits per heavy atom. The van der Waals surface area contributed by atoms with Crippen LogP contribution in [-0.2, 0) is 9.47 Å². The van der Waals surface area contributed by atoms with Crippen molar-refractivity contribution in [2.24, 2.45) is 0 Å². The quantitative estimate of drug-likeness (QED) is 0.563. The molecule has 0 aliphatic rings. The van der Waals surface area contributed by atoms with E-state index in [9.17, 15) is 4.79 Å². The van der Waals surface area contributed by atoms with Crippen LogP contribution in [0.25, 0.3) is 11.5 Å². The number of hydrogen-bond acceptors (Lipinski definition) is 8. The van der Waals surface area contributed by atoms with Gasteiger partial charge < -0.3 is 24.5 Å². The molecule has 0 bridgehead atoms. The third-order valence-corrected chi connectivity index (χ3v) is 2.97. The molecule has 0 radical (unpaired) electrons. The number of ether oxygens (including phenoxy) is 2. The summed E-state index contributed by atoms with van der Waals surface area (Å²) in [5.41, 5.74) is 0.606. The van der Waals surface area contributed by atoms with Gasteiger partial charge in [-0.1, -0.05) is 0 Å². The molecule has 23 heavy (non-hydrogen) atoms. The fourth-order valence-electron chi connectivity index (χ4n) is 1.97. The van der Waals surface area contributed by atoms with E-state index in [-0.39, 0.29) is 12.2 Å². The third-order valence-electron chi connectivity index (χ3n) is 2.97. The second-order valence-electron chi connectivity index (χ2n) is 4.49. The maximum atomic E-state index is 12.3. The largest absolute Gasteiger partial charge is 0.463 e. The first-order valence-electron chi connectivity index (χ1n) is 7.24. The molecule has 0 fully saturated rings. The minimum absolute atomic E-state index is 0.238. The number of furan rings is 1. The van der Waals surface area contributed by atoms with Gasteiger partial charge in [0.25, 0.3) is 0 Å². The molecule has 0 saturated carbocycles. The number of carbonyl (C=O) groups is 1. The highest BCUT2D eigenvalue weighted by Gasteiger charge is 2.24. The molecular formula is C15H20N4O4. The molecule has 8 heteroatoms. The number of methoxy groups -OCH3 is 1. The number of anilines is 2. The number of hydrogen-bond donors (Lipinski definition) is 2. The minimum Gasteiger partial charge on any atom is -0.463 e. The topological polar surface area (TPSA) is 98.5 Å². The molecule has 0 spiro atoms. The number of rotatable bonds is 8. The lowest BCUT2D eigenvalue weighted by atomic mass is 10.1. The Morgan fingerprint density at radius 3 is 2.83 bits per heavy atom. The lowest BCUT2D eigenvalue weighted by Gasteiger charge is -2.13. The Labute approximate surface area is 134 Å². The maximum absolute atomic E-state index is 12.3. The number of nitrogens with zero attached hydrogens (tertiary/aromatic N) is 2. The lowest BCUT2D eigenvalue weighted by Crippen LogP contribution is -2.16. The molecule has 0 unspecified atom stereocenters. The normalized spacial score (nSPS) is 10.4. The van der Waals surface area contributed by atoms with Crippen LogP contribution in [0.4, 0.5) is 11.8 Å². The van der Waals surface area contributed by atoms with Crippen LogP contribution in [0.15, 0.2) is 22.8 Å². The summed E-state index contributed by atoms with van der Waals surface area (Å²) in [7, 11) is 3.29. The highest BCUT2D eigenvalue weighted by Crippen LogP contribution is 2.28. The molecule has 0 atom stereocenters. The average Bonchev–Trinajstić information content (AvgIpc) is 3.08. The van der Waals surface area contributed by atoms with Gasteiger partial charge in [0, 0.05) is 20.7 Å². The van der Waals surface area contributed by atoms with Crippen LogP contribution in [0.1, 0.15) is 17.3 Å². The summed E-state index contributed by atoms with van der Waals surface area (Å²) in [4.78, 5) is 21.0. The lowest BCUT2D eigenvalue weighted by molar-refractivity contribution is 0.0527. The Hall–Kier alpha value is -2.61. The van der Waals surface area contributed by atoms with Crippen molar-refractivity contribution < 1.29 is 18.7 Å². The van der Waals surface area contributed by atoms with Gasteiger partial charge in [-0.2, -0.15) is 4.98 Å². The summed E-state index contributed by atoms with van der Waals surface area (Å²) < 4.78 is 15.5. The van der Waals surface area contributed by atoms with Crippen LogP contribution in [0, 0.1) is 0 Å². The van der Waals surface area contributed by atoms with E-state index in [1.807, 2.05) is 0 Å². The second kappa shape index (κ2) is 8.14. The van der Waals surface area contributed by atoms with Gasteiger partial charge >= 0.3 is 5.97 Å². The zero-order chi connectivity index (χ0) is 16.7. The fourth-order valence-corrected chi connectivity index (χ4v) is 1.97. The van der Waals surface area contributed by atoms with Gasteiger partial charge in [-0.25, -0.2) is 9.78 Å². The molecule has 2 aromatic heterocycles. The SMILES string of the molecule is CCOC(=O)c1c(NC)nc(NCCOC)nc1-c1ccco1. The van der Waals surface area contributed by atoms with E-state index < -0.39 is 5.97 Å². The van der Waals surface area contributed by atoms with Crippen LogP contribution in [0.2, 0.25) is 0 Å². The predicted molar refractivity (Wildman–Crippen MR) is 85.6 cm³/mol. The van der Waals surface area contributed by atoms with Gasteiger partial charge in [0.15, 0.2) is 5.76 Å². The van der Waals surface area contributed by atoms with Crippen LogP contribution in [0.3, 0.4) is 0 Å². The summed E-state index contributed by atoms with van der Waals surface area (Å²) in [6.45, 7) is 3.04. The molecule has 0 amide bonds. The number of aromatic nitrogens is 2. The standard InChI is InChI=1S/C15H20N4O4/c1-4-22-14(20)11-12(10-6-5-8-23-10)18-15(17-7-9-21-3)19-13(11)16-2/h5-6,8H,4,7,9H2,1-3H3,(H2,16,17,18,19). The van der Waals surface area contributed by atoms with Crippen molar-refractivity contribution in [2.75, 3.05) is 44.5 Å². The van der Waals surface area contributed by atoms with Crippen molar-refractivity contribution in [3.63, 3.8) is 0 Å². The Balaban J connectivity index is 2.48. The summed E-state index contributed by atoms with van der Waals surface area (Å²) in [5, 5.41) is 5.94. The molecule has 0 saturated heterocycles. The Morgan fingerprint density at radius 2 is 2.22 bits per heavy atom. The Bertz CT molecular complexity index is 643. The molecule has 124 valence electrons. The van der Waals surface area contributed by atoms with E-state index in [0.29, 0.717) is 36.4 Å². The molecule has 8 nitrogen and oxygen atoms in total. The monoisotopic (exact) mass is 320 g/mol. The van der Waals surface area contributed by atoms with Crippen molar-refractivity contribution in [3.05, 3.63) is 24.0 Å². The van der Waals surface area contributed by atoms with Crippen molar-refractivity contribution >= 4 is 17.7 Å². The van der Waals surface area contributed by atoms with Crippen LogP contribution >= 0.6 is 0 Å². The summed E-state index contributed by atoms with van der Waals surface area (Å²) in [6.07, 6.45) is 1.52. The van der Waals surface area contributed by atoms with E-state index in [0.717, 1.165) is 0 Å². The van der Waals surface area contributed by atoms with E-state index in [1.165, 1.54) is 6.26 Å². The van der Waals surface area contributed by atoms with Crippen LogP contribution in [0.5, 0.6) is 0 Å². The number of nitrogens with one attached hydrogen (secondary N) is 2. The van der Waals surface area contributed by atoms with Gasteiger partial charge in [0.05, 0.1) is 19.5 Å². The molecule has 0 aliphatic carbocycles. The van der Waals surface area contributed by atoms with Crippen molar-refractivity contribution in [1.29, 1.82) is 0 Å². The van der Waals surface area contributed by atoms with Gasteiger partial charge in [0.1, 0.15) is 17.1 Å².